The molecule has 0 atom stereocenters. The molecule has 0 saturated heterocycles. The van der Waals surface area contributed by atoms with Crippen LogP contribution in [0.1, 0.15) is 16.8 Å². The first kappa shape index (κ1) is 13.9. The second-order valence-electron chi connectivity index (χ2n) is 3.32. The molecule has 1 rings (SSSR count). The maximum atomic E-state index is 11.6. The monoisotopic (exact) mass is 272 g/mol. The number of hydrogen-bond acceptors (Lipinski definition) is 4. The number of nitrogens with one attached hydrogen (secondary N) is 1. The zero-order chi connectivity index (χ0) is 13.7. The van der Waals surface area contributed by atoms with Gasteiger partial charge in [0.25, 0.3) is 11.6 Å². The number of non-ortho nitro benzene ring substituents is 1. The SMILES string of the molecule is O=C(O)CCNC(=O)c1ccc([N+](=O)[O-])cc1Cl. The van der Waals surface area contributed by atoms with E-state index in [2.05, 4.69) is 5.32 Å². The third-order valence-corrected chi connectivity index (χ3v) is 2.35. The van der Waals surface area contributed by atoms with E-state index in [1.165, 1.54) is 6.07 Å². The van der Waals surface area contributed by atoms with Crippen LogP contribution in [-0.4, -0.2) is 28.5 Å². The maximum absolute atomic E-state index is 11.6. The van der Waals surface area contributed by atoms with Crippen molar-refractivity contribution in [3.8, 4) is 0 Å². The molecule has 2 N–H and O–H groups in total. The van der Waals surface area contributed by atoms with Crippen LogP contribution >= 0.6 is 11.6 Å². The molecule has 0 fully saturated rings. The van der Waals surface area contributed by atoms with E-state index < -0.39 is 16.8 Å². The quantitative estimate of drug-likeness (QED) is 0.623. The summed E-state index contributed by atoms with van der Waals surface area (Å²) in [7, 11) is 0. The van der Waals surface area contributed by atoms with Crippen LogP contribution in [0.5, 0.6) is 0 Å². The van der Waals surface area contributed by atoms with Gasteiger partial charge in [0.1, 0.15) is 0 Å². The summed E-state index contributed by atoms with van der Waals surface area (Å²) in [4.78, 5) is 31.7. The normalized spacial score (nSPS) is 9.83. The molecular formula is C10H9ClN2O5. The first-order chi connectivity index (χ1) is 8.41. The van der Waals surface area contributed by atoms with Crippen LogP contribution in [0.25, 0.3) is 0 Å². The molecule has 96 valence electrons. The molecule has 7 nitrogen and oxygen atoms in total. The predicted octanol–water partition coefficient (Wildman–Crippen LogP) is 1.45. The lowest BCUT2D eigenvalue weighted by atomic mass is 10.2. The summed E-state index contributed by atoms with van der Waals surface area (Å²) in [5.41, 5.74) is -0.158. The van der Waals surface area contributed by atoms with Crippen molar-refractivity contribution in [1.29, 1.82) is 0 Å². The van der Waals surface area contributed by atoms with Crippen molar-refractivity contribution < 1.29 is 19.6 Å². The van der Waals surface area contributed by atoms with Gasteiger partial charge in [-0.3, -0.25) is 19.7 Å². The molecular weight excluding hydrogens is 264 g/mol. The number of carboxylic acids is 1. The van der Waals surface area contributed by atoms with Crippen LogP contribution in [0, 0.1) is 10.1 Å². The second-order valence-corrected chi connectivity index (χ2v) is 3.73. The Kier molecular flexibility index (Phi) is 4.61. The van der Waals surface area contributed by atoms with Gasteiger partial charge < -0.3 is 10.4 Å². The summed E-state index contributed by atoms with van der Waals surface area (Å²) in [5, 5.41) is 21.1. The number of aliphatic carboxylic acids is 1. The molecule has 0 aliphatic carbocycles. The Hall–Kier alpha value is -2.15. The number of rotatable bonds is 5. The van der Waals surface area contributed by atoms with Gasteiger partial charge in [0, 0.05) is 18.7 Å². The van der Waals surface area contributed by atoms with Crippen molar-refractivity contribution in [3.63, 3.8) is 0 Å². The molecule has 1 aromatic rings. The van der Waals surface area contributed by atoms with Gasteiger partial charge in [-0.2, -0.15) is 0 Å². The largest absolute Gasteiger partial charge is 0.481 e. The fourth-order valence-electron chi connectivity index (χ4n) is 1.18. The molecule has 0 radical (unpaired) electrons. The minimum atomic E-state index is -1.04. The Labute approximate surface area is 107 Å². The summed E-state index contributed by atoms with van der Waals surface area (Å²) in [5.74, 6) is -1.61. The molecule has 0 aromatic heterocycles. The summed E-state index contributed by atoms with van der Waals surface area (Å²) in [6.45, 7) is -0.0402. The number of carboxylic acid groups (broad SMARTS) is 1. The molecule has 0 saturated carbocycles. The van der Waals surface area contributed by atoms with Crippen LogP contribution in [-0.2, 0) is 4.79 Å². The molecule has 0 bridgehead atoms. The number of nitro groups is 1. The highest BCUT2D eigenvalue weighted by Gasteiger charge is 2.14. The Bertz CT molecular complexity index is 503. The van der Waals surface area contributed by atoms with Crippen molar-refractivity contribution in [1.82, 2.24) is 5.32 Å². The molecule has 0 unspecified atom stereocenters. The van der Waals surface area contributed by atoms with E-state index in [0.717, 1.165) is 12.1 Å². The Morgan fingerprint density at radius 2 is 2.11 bits per heavy atom. The maximum Gasteiger partial charge on any atom is 0.305 e. The van der Waals surface area contributed by atoms with Gasteiger partial charge in [-0.15, -0.1) is 0 Å². The van der Waals surface area contributed by atoms with E-state index in [-0.39, 0.29) is 29.2 Å². The highest BCUT2D eigenvalue weighted by Crippen LogP contribution is 2.22. The first-order valence-electron chi connectivity index (χ1n) is 4.85. The van der Waals surface area contributed by atoms with Crippen LogP contribution in [0.4, 0.5) is 5.69 Å². The Balaban J connectivity index is 2.74. The molecule has 8 heteroatoms. The second kappa shape index (κ2) is 5.97. The highest BCUT2D eigenvalue weighted by molar-refractivity contribution is 6.34. The first-order valence-corrected chi connectivity index (χ1v) is 5.23. The zero-order valence-electron chi connectivity index (χ0n) is 9.05. The average molecular weight is 273 g/mol. The van der Waals surface area contributed by atoms with Crippen molar-refractivity contribution >= 4 is 29.2 Å². The van der Waals surface area contributed by atoms with Crippen LogP contribution in [0.3, 0.4) is 0 Å². The van der Waals surface area contributed by atoms with E-state index in [4.69, 9.17) is 16.7 Å². The molecule has 0 heterocycles. The summed E-state index contributed by atoms with van der Waals surface area (Å²) in [6.07, 6.45) is -0.212. The van der Waals surface area contributed by atoms with Crippen LogP contribution in [0.15, 0.2) is 18.2 Å². The third kappa shape index (κ3) is 3.70. The summed E-state index contributed by atoms with van der Waals surface area (Å²) in [6, 6.07) is 3.43. The number of hydrogen-bond donors (Lipinski definition) is 2. The topological polar surface area (TPSA) is 110 Å². The highest BCUT2D eigenvalue weighted by atomic mass is 35.5. The number of amides is 1. The van der Waals surface area contributed by atoms with Gasteiger partial charge in [0.15, 0.2) is 0 Å². The number of nitrogens with zero attached hydrogens (tertiary/aromatic N) is 1. The van der Waals surface area contributed by atoms with Crippen LogP contribution < -0.4 is 5.32 Å². The minimum Gasteiger partial charge on any atom is -0.481 e. The van der Waals surface area contributed by atoms with Gasteiger partial charge in [0.05, 0.1) is 21.9 Å². The van der Waals surface area contributed by atoms with Crippen molar-refractivity contribution in [3.05, 3.63) is 38.9 Å². The Morgan fingerprint density at radius 3 is 2.61 bits per heavy atom. The molecule has 0 spiro atoms. The fourth-order valence-corrected chi connectivity index (χ4v) is 1.44. The lowest BCUT2D eigenvalue weighted by Gasteiger charge is -2.05. The molecule has 1 amide bonds. The van der Waals surface area contributed by atoms with E-state index in [1.807, 2.05) is 0 Å². The number of halogens is 1. The van der Waals surface area contributed by atoms with Gasteiger partial charge in [0.2, 0.25) is 0 Å². The van der Waals surface area contributed by atoms with Crippen LogP contribution in [0.2, 0.25) is 5.02 Å². The van der Waals surface area contributed by atoms with Crippen molar-refractivity contribution in [2.75, 3.05) is 6.54 Å². The van der Waals surface area contributed by atoms with Crippen molar-refractivity contribution in [2.45, 2.75) is 6.42 Å². The number of benzene rings is 1. The minimum absolute atomic E-state index is 0.0402. The number of carbonyl (C=O) groups excluding carboxylic acids is 1. The van der Waals surface area contributed by atoms with Crippen molar-refractivity contribution in [2.24, 2.45) is 0 Å². The van der Waals surface area contributed by atoms with E-state index in [9.17, 15) is 19.7 Å². The van der Waals surface area contributed by atoms with E-state index >= 15 is 0 Å². The van der Waals surface area contributed by atoms with E-state index in [1.54, 1.807) is 0 Å². The van der Waals surface area contributed by atoms with Gasteiger partial charge in [-0.25, -0.2) is 0 Å². The molecule has 0 aliphatic rings. The van der Waals surface area contributed by atoms with Gasteiger partial charge in [-0.05, 0) is 6.07 Å². The van der Waals surface area contributed by atoms with E-state index in [0.29, 0.717) is 0 Å². The summed E-state index contributed by atoms with van der Waals surface area (Å²) < 4.78 is 0. The number of nitro benzene ring substituents is 1. The van der Waals surface area contributed by atoms with Gasteiger partial charge >= 0.3 is 5.97 Å². The molecule has 18 heavy (non-hydrogen) atoms. The fraction of sp³-hybridized carbons (Fsp3) is 0.200. The smallest absolute Gasteiger partial charge is 0.305 e. The zero-order valence-corrected chi connectivity index (χ0v) is 9.81. The third-order valence-electron chi connectivity index (χ3n) is 2.03. The lowest BCUT2D eigenvalue weighted by molar-refractivity contribution is -0.384. The standard InChI is InChI=1S/C10H9ClN2O5/c11-8-5-6(13(17)18)1-2-7(8)10(16)12-4-3-9(14)15/h1-2,5H,3-4H2,(H,12,16)(H,14,15). The predicted molar refractivity (Wildman–Crippen MR) is 62.7 cm³/mol. The average Bonchev–Trinajstić information content (AvgIpc) is 2.27. The van der Waals surface area contributed by atoms with Gasteiger partial charge in [-0.1, -0.05) is 11.6 Å². The molecule has 0 aliphatic heterocycles. The Morgan fingerprint density at radius 1 is 1.44 bits per heavy atom. The molecule has 1 aromatic carbocycles. The summed E-state index contributed by atoms with van der Waals surface area (Å²) >= 11 is 5.73. The number of carbonyl (C=O) groups is 2. The lowest BCUT2D eigenvalue weighted by Crippen LogP contribution is -2.26.